The van der Waals surface area contributed by atoms with Gasteiger partial charge in [0.1, 0.15) is 11.5 Å². The van der Waals surface area contributed by atoms with Gasteiger partial charge in [0, 0.05) is 43.9 Å². The fraction of sp³-hybridized carbons (Fsp3) is 0.429. The number of hydrogen-bond acceptors (Lipinski definition) is 4. The lowest BCUT2D eigenvalue weighted by molar-refractivity contribution is 0.0542. The Morgan fingerprint density at radius 2 is 2.04 bits per heavy atom. The molecule has 0 radical (unpaired) electrons. The molecule has 1 aliphatic heterocycles. The average molecular weight is 375 g/mol. The van der Waals surface area contributed by atoms with Crippen LogP contribution in [0.1, 0.15) is 23.5 Å². The number of aliphatic hydroxyl groups excluding tert-OH is 1. The lowest BCUT2D eigenvalue weighted by atomic mass is 10.1. The molecule has 140 valence electrons. The van der Waals surface area contributed by atoms with Gasteiger partial charge in [-0.1, -0.05) is 41.9 Å². The maximum atomic E-state index is 9.46. The van der Waals surface area contributed by atoms with Crippen LogP contribution in [0.5, 0.6) is 0 Å². The van der Waals surface area contributed by atoms with Crippen LogP contribution >= 0.6 is 11.6 Å². The van der Waals surface area contributed by atoms with Crippen molar-refractivity contribution in [2.45, 2.75) is 25.9 Å². The second-order valence-electron chi connectivity index (χ2n) is 6.89. The summed E-state index contributed by atoms with van der Waals surface area (Å²) in [6.45, 7) is 6.50. The van der Waals surface area contributed by atoms with Crippen LogP contribution in [0.2, 0.25) is 0 Å². The summed E-state index contributed by atoms with van der Waals surface area (Å²) in [5.74, 6) is 1.93. The van der Waals surface area contributed by atoms with Gasteiger partial charge in [-0.25, -0.2) is 0 Å². The van der Waals surface area contributed by atoms with Crippen molar-refractivity contribution >= 4 is 17.7 Å². The minimum atomic E-state index is 0.194. The van der Waals surface area contributed by atoms with E-state index in [-0.39, 0.29) is 6.61 Å². The van der Waals surface area contributed by atoms with E-state index < -0.39 is 0 Å². The molecule has 1 aliphatic rings. The first-order chi connectivity index (χ1) is 12.6. The monoisotopic (exact) mass is 374 g/mol. The topological polar surface area (TPSA) is 39.9 Å². The first-order valence-corrected chi connectivity index (χ1v) is 9.55. The SMILES string of the molecule is Cc1ccc(CN2CCN(C/C(Cl)=C/c3ccccc3)CC2CCO)o1. The third-order valence-electron chi connectivity index (χ3n) is 4.80. The number of benzene rings is 1. The summed E-state index contributed by atoms with van der Waals surface area (Å²) in [4.78, 5) is 4.77. The van der Waals surface area contributed by atoms with Crippen LogP contribution in [0.3, 0.4) is 0 Å². The number of halogens is 1. The molecule has 1 unspecified atom stereocenters. The molecule has 2 aromatic rings. The van der Waals surface area contributed by atoms with Crippen molar-refractivity contribution in [1.29, 1.82) is 0 Å². The van der Waals surface area contributed by atoms with Gasteiger partial charge in [-0.15, -0.1) is 0 Å². The number of hydrogen-bond donors (Lipinski definition) is 1. The van der Waals surface area contributed by atoms with Gasteiger partial charge in [0.2, 0.25) is 0 Å². The van der Waals surface area contributed by atoms with Gasteiger partial charge in [-0.3, -0.25) is 9.80 Å². The van der Waals surface area contributed by atoms with E-state index in [1.165, 1.54) is 0 Å². The van der Waals surface area contributed by atoms with E-state index in [2.05, 4.69) is 21.9 Å². The summed E-state index contributed by atoms with van der Waals surface area (Å²) < 4.78 is 5.72. The standard InChI is InChI=1S/C21H27ClN2O2/c1-17-7-8-21(26-17)16-24-11-10-23(15-20(24)9-12-25)14-19(22)13-18-5-3-2-4-6-18/h2-8,13,20,25H,9-12,14-16H2,1H3/b19-13-. The highest BCUT2D eigenvalue weighted by Crippen LogP contribution is 2.20. The predicted molar refractivity (Wildman–Crippen MR) is 106 cm³/mol. The highest BCUT2D eigenvalue weighted by molar-refractivity contribution is 6.31. The molecule has 3 rings (SSSR count). The lowest BCUT2D eigenvalue weighted by Crippen LogP contribution is -2.53. The van der Waals surface area contributed by atoms with E-state index in [4.69, 9.17) is 16.0 Å². The molecular weight excluding hydrogens is 348 g/mol. The smallest absolute Gasteiger partial charge is 0.118 e. The van der Waals surface area contributed by atoms with E-state index in [9.17, 15) is 5.11 Å². The van der Waals surface area contributed by atoms with Crippen LogP contribution in [0.4, 0.5) is 0 Å². The Labute approximate surface area is 160 Å². The molecule has 5 heteroatoms. The minimum absolute atomic E-state index is 0.194. The van der Waals surface area contributed by atoms with E-state index in [0.29, 0.717) is 6.04 Å². The highest BCUT2D eigenvalue weighted by atomic mass is 35.5. The summed E-state index contributed by atoms with van der Waals surface area (Å²) in [6.07, 6.45) is 2.79. The van der Waals surface area contributed by atoms with Crippen molar-refractivity contribution < 1.29 is 9.52 Å². The van der Waals surface area contributed by atoms with Gasteiger partial charge < -0.3 is 9.52 Å². The molecule has 1 fully saturated rings. The molecule has 1 atom stereocenters. The average Bonchev–Trinajstić information content (AvgIpc) is 3.03. The molecule has 26 heavy (non-hydrogen) atoms. The van der Waals surface area contributed by atoms with Crippen LogP contribution in [-0.4, -0.2) is 53.7 Å². The predicted octanol–water partition coefficient (Wildman–Crippen LogP) is 3.74. The van der Waals surface area contributed by atoms with Crippen molar-refractivity contribution in [2.75, 3.05) is 32.8 Å². The molecule has 1 aromatic carbocycles. The number of aliphatic hydroxyl groups is 1. The van der Waals surface area contributed by atoms with E-state index >= 15 is 0 Å². The first kappa shape index (κ1) is 19.2. The molecule has 0 bridgehead atoms. The number of aryl methyl sites for hydroxylation is 1. The Balaban J connectivity index is 1.59. The summed E-state index contributed by atoms with van der Waals surface area (Å²) in [6, 6.07) is 14.5. The second kappa shape index (κ2) is 9.38. The Morgan fingerprint density at radius 1 is 1.23 bits per heavy atom. The number of furan rings is 1. The first-order valence-electron chi connectivity index (χ1n) is 9.18. The summed E-state index contributed by atoms with van der Waals surface area (Å²) in [5.41, 5.74) is 1.12. The summed E-state index contributed by atoms with van der Waals surface area (Å²) >= 11 is 6.48. The fourth-order valence-corrected chi connectivity index (χ4v) is 3.79. The molecule has 1 saturated heterocycles. The molecule has 0 spiro atoms. The van der Waals surface area contributed by atoms with Crippen LogP contribution in [0, 0.1) is 6.92 Å². The number of rotatable bonds is 7. The van der Waals surface area contributed by atoms with Crippen LogP contribution in [0.15, 0.2) is 51.9 Å². The molecule has 1 aromatic heterocycles. The number of piperazine rings is 1. The van der Waals surface area contributed by atoms with Crippen molar-refractivity contribution in [3.8, 4) is 0 Å². The Bertz CT molecular complexity index is 714. The van der Waals surface area contributed by atoms with Crippen molar-refractivity contribution in [2.24, 2.45) is 0 Å². The van der Waals surface area contributed by atoms with Crippen LogP contribution < -0.4 is 0 Å². The van der Waals surface area contributed by atoms with E-state index in [1.54, 1.807) is 0 Å². The van der Waals surface area contributed by atoms with E-state index in [1.807, 2.05) is 43.3 Å². The molecule has 2 heterocycles. The van der Waals surface area contributed by atoms with Gasteiger partial charge in [0.05, 0.1) is 6.54 Å². The molecule has 4 nitrogen and oxygen atoms in total. The Morgan fingerprint density at radius 3 is 2.73 bits per heavy atom. The maximum absolute atomic E-state index is 9.46. The Hall–Kier alpha value is -1.59. The van der Waals surface area contributed by atoms with Crippen molar-refractivity contribution in [3.05, 3.63) is 64.6 Å². The third kappa shape index (κ3) is 5.45. The zero-order chi connectivity index (χ0) is 18.4. The normalized spacial score (nSPS) is 19.8. The van der Waals surface area contributed by atoms with Gasteiger partial charge in [-0.05, 0) is 37.1 Å². The summed E-state index contributed by atoms with van der Waals surface area (Å²) in [5, 5.41) is 10.3. The second-order valence-corrected chi connectivity index (χ2v) is 7.37. The zero-order valence-electron chi connectivity index (χ0n) is 15.3. The molecule has 0 aliphatic carbocycles. The quantitative estimate of drug-likeness (QED) is 0.801. The van der Waals surface area contributed by atoms with Crippen molar-refractivity contribution in [1.82, 2.24) is 9.80 Å². The van der Waals surface area contributed by atoms with Crippen molar-refractivity contribution in [3.63, 3.8) is 0 Å². The molecule has 1 N–H and O–H groups in total. The summed E-state index contributed by atoms with van der Waals surface area (Å²) in [7, 11) is 0. The van der Waals surface area contributed by atoms with E-state index in [0.717, 1.165) is 61.3 Å². The molecule has 0 saturated carbocycles. The minimum Gasteiger partial charge on any atom is -0.465 e. The zero-order valence-corrected chi connectivity index (χ0v) is 16.0. The van der Waals surface area contributed by atoms with Crippen LogP contribution in [0.25, 0.3) is 6.08 Å². The van der Waals surface area contributed by atoms with Gasteiger partial charge in [0.15, 0.2) is 0 Å². The lowest BCUT2D eigenvalue weighted by Gasteiger charge is -2.41. The molecular formula is C21H27ClN2O2. The van der Waals surface area contributed by atoms with Gasteiger partial charge >= 0.3 is 0 Å². The largest absolute Gasteiger partial charge is 0.465 e. The Kier molecular flexibility index (Phi) is 6.92. The van der Waals surface area contributed by atoms with Gasteiger partial charge in [0.25, 0.3) is 0 Å². The van der Waals surface area contributed by atoms with Gasteiger partial charge in [-0.2, -0.15) is 0 Å². The number of nitrogens with zero attached hydrogens (tertiary/aromatic N) is 2. The fourth-order valence-electron chi connectivity index (χ4n) is 3.49. The third-order valence-corrected chi connectivity index (χ3v) is 5.03. The maximum Gasteiger partial charge on any atom is 0.118 e. The molecule has 0 amide bonds. The highest BCUT2D eigenvalue weighted by Gasteiger charge is 2.27. The van der Waals surface area contributed by atoms with Crippen LogP contribution in [-0.2, 0) is 6.54 Å².